The molecule has 0 saturated carbocycles. The molecule has 1 saturated heterocycles. The summed E-state index contributed by atoms with van der Waals surface area (Å²) in [7, 11) is 0. The van der Waals surface area contributed by atoms with Crippen molar-refractivity contribution in [3.8, 4) is 34.7 Å². The fourth-order valence-corrected chi connectivity index (χ4v) is 3.49. The molecule has 1 aliphatic rings. The molecular weight excluding hydrogens is 370 g/mol. The minimum Gasteiger partial charge on any atom is -0.384 e. The fourth-order valence-electron chi connectivity index (χ4n) is 3.49. The number of nitriles is 2. The summed E-state index contributed by atoms with van der Waals surface area (Å²) in [5.41, 5.74) is 6.49. The van der Waals surface area contributed by atoms with E-state index in [1.54, 1.807) is 24.3 Å². The Morgan fingerprint density at radius 3 is 2.41 bits per heavy atom. The van der Waals surface area contributed by atoms with Crippen LogP contribution in [-0.2, 0) is 6.54 Å². The highest BCUT2D eigenvalue weighted by Gasteiger charge is 2.19. The second-order valence-electron chi connectivity index (χ2n) is 6.79. The van der Waals surface area contributed by atoms with Gasteiger partial charge in [0.1, 0.15) is 29.1 Å². The van der Waals surface area contributed by atoms with E-state index in [1.165, 1.54) is 12.8 Å². The van der Waals surface area contributed by atoms with Gasteiger partial charge in [-0.05, 0) is 31.5 Å². The zero-order valence-electron chi connectivity index (χ0n) is 15.5. The molecule has 3 heterocycles. The Morgan fingerprint density at radius 2 is 1.76 bits per heavy atom. The number of nitrogens with one attached hydrogen (secondary N) is 1. The van der Waals surface area contributed by atoms with Crippen LogP contribution in [0.2, 0.25) is 0 Å². The molecule has 0 bridgehead atoms. The maximum Gasteiger partial charge on any atom is 0.268 e. The van der Waals surface area contributed by atoms with Crippen LogP contribution in [0, 0.1) is 22.7 Å². The maximum absolute atomic E-state index is 12.1. The van der Waals surface area contributed by atoms with Gasteiger partial charge in [-0.1, -0.05) is 29.4 Å². The number of benzene rings is 1. The van der Waals surface area contributed by atoms with Crippen LogP contribution >= 0.6 is 0 Å². The smallest absolute Gasteiger partial charge is 0.268 e. The van der Waals surface area contributed by atoms with Gasteiger partial charge >= 0.3 is 0 Å². The van der Waals surface area contributed by atoms with E-state index in [0.717, 1.165) is 18.7 Å². The summed E-state index contributed by atoms with van der Waals surface area (Å²) in [6.07, 6.45) is 2.37. The number of aromatic amines is 1. The van der Waals surface area contributed by atoms with E-state index < -0.39 is 5.56 Å². The summed E-state index contributed by atoms with van der Waals surface area (Å²) in [6, 6.07) is 10.7. The first-order valence-corrected chi connectivity index (χ1v) is 9.12. The number of aromatic nitrogens is 3. The molecule has 29 heavy (non-hydrogen) atoms. The van der Waals surface area contributed by atoms with E-state index in [-0.39, 0.29) is 22.5 Å². The molecule has 9 heteroatoms. The van der Waals surface area contributed by atoms with E-state index in [1.807, 2.05) is 12.1 Å². The summed E-state index contributed by atoms with van der Waals surface area (Å²) in [4.78, 5) is 21.1. The predicted octanol–water partition coefficient (Wildman–Crippen LogP) is 2.01. The Labute approximate surface area is 166 Å². The van der Waals surface area contributed by atoms with Gasteiger partial charge in [0, 0.05) is 11.1 Å². The molecule has 144 valence electrons. The first kappa shape index (κ1) is 18.4. The third-order valence-electron chi connectivity index (χ3n) is 4.93. The predicted molar refractivity (Wildman–Crippen MR) is 104 cm³/mol. The molecule has 2 aromatic heterocycles. The van der Waals surface area contributed by atoms with Crippen molar-refractivity contribution < 1.29 is 4.52 Å². The van der Waals surface area contributed by atoms with Crippen LogP contribution < -0.4 is 11.3 Å². The number of nitrogens with zero attached hydrogens (tertiary/aromatic N) is 5. The molecule has 0 radical (unpaired) electrons. The van der Waals surface area contributed by atoms with Crippen molar-refractivity contribution in [1.29, 1.82) is 10.5 Å². The van der Waals surface area contributed by atoms with Gasteiger partial charge < -0.3 is 15.2 Å². The largest absolute Gasteiger partial charge is 0.384 e. The highest BCUT2D eigenvalue weighted by atomic mass is 16.5. The molecule has 0 aliphatic carbocycles. The van der Waals surface area contributed by atoms with Crippen LogP contribution in [-0.4, -0.2) is 33.1 Å². The highest BCUT2D eigenvalue weighted by Crippen LogP contribution is 2.29. The minimum absolute atomic E-state index is 0.0568. The lowest BCUT2D eigenvalue weighted by molar-refractivity contribution is 0.268. The quantitative estimate of drug-likeness (QED) is 0.690. The minimum atomic E-state index is -0.632. The average Bonchev–Trinajstić information content (AvgIpc) is 3.40. The van der Waals surface area contributed by atoms with Gasteiger partial charge in [0.2, 0.25) is 11.7 Å². The van der Waals surface area contributed by atoms with E-state index in [4.69, 9.17) is 10.3 Å². The second-order valence-corrected chi connectivity index (χ2v) is 6.79. The van der Waals surface area contributed by atoms with E-state index in [0.29, 0.717) is 23.8 Å². The number of nitrogens with two attached hydrogens (primary N) is 1. The molecule has 9 nitrogen and oxygen atoms in total. The third-order valence-corrected chi connectivity index (χ3v) is 4.93. The number of pyridine rings is 1. The summed E-state index contributed by atoms with van der Waals surface area (Å²) in [6.45, 7) is 2.70. The molecule has 0 amide bonds. The number of hydrogen-bond donors (Lipinski definition) is 2. The number of anilines is 1. The van der Waals surface area contributed by atoms with E-state index in [2.05, 4.69) is 20.0 Å². The monoisotopic (exact) mass is 387 g/mol. The molecule has 0 unspecified atom stereocenters. The van der Waals surface area contributed by atoms with Crippen molar-refractivity contribution in [2.75, 3.05) is 18.8 Å². The van der Waals surface area contributed by atoms with Crippen molar-refractivity contribution >= 4 is 5.82 Å². The Bertz CT molecular complexity index is 1190. The van der Waals surface area contributed by atoms with Crippen LogP contribution in [0.3, 0.4) is 0 Å². The average molecular weight is 387 g/mol. The van der Waals surface area contributed by atoms with Gasteiger partial charge in [-0.3, -0.25) is 9.69 Å². The summed E-state index contributed by atoms with van der Waals surface area (Å²) < 4.78 is 5.35. The molecule has 0 spiro atoms. The lowest BCUT2D eigenvalue weighted by Crippen LogP contribution is -2.18. The Hall–Kier alpha value is -3.95. The molecule has 1 aromatic carbocycles. The van der Waals surface area contributed by atoms with Crippen molar-refractivity contribution in [1.82, 2.24) is 20.0 Å². The Balaban J connectivity index is 1.66. The first-order chi connectivity index (χ1) is 14.1. The lowest BCUT2D eigenvalue weighted by atomic mass is 9.96. The topological polar surface area (TPSA) is 149 Å². The van der Waals surface area contributed by atoms with E-state index in [9.17, 15) is 15.3 Å². The van der Waals surface area contributed by atoms with Crippen LogP contribution in [0.25, 0.3) is 22.5 Å². The van der Waals surface area contributed by atoms with Crippen LogP contribution in [0.5, 0.6) is 0 Å². The first-order valence-electron chi connectivity index (χ1n) is 9.12. The van der Waals surface area contributed by atoms with E-state index >= 15 is 0 Å². The lowest BCUT2D eigenvalue weighted by Gasteiger charge is -2.10. The standard InChI is InChI=1S/C20H17N7O2/c21-9-14-17(15(10-22)20(28)25-18(14)23)12-3-5-13(6-4-12)19-24-16(29-26-19)11-27-7-1-2-8-27/h3-6H,1-2,7-8,11H2,(H3,23,25,28). The van der Waals surface area contributed by atoms with Gasteiger partial charge in [0.05, 0.1) is 6.54 Å². The molecule has 1 fully saturated rings. The molecule has 4 rings (SSSR count). The number of rotatable bonds is 4. The van der Waals surface area contributed by atoms with Gasteiger partial charge in [-0.15, -0.1) is 0 Å². The van der Waals surface area contributed by atoms with Gasteiger partial charge in [0.15, 0.2) is 0 Å². The number of nitrogen functional groups attached to an aromatic ring is 1. The van der Waals surface area contributed by atoms with Crippen LogP contribution in [0.15, 0.2) is 33.6 Å². The number of hydrogen-bond acceptors (Lipinski definition) is 8. The maximum atomic E-state index is 12.1. The summed E-state index contributed by atoms with van der Waals surface area (Å²) >= 11 is 0. The van der Waals surface area contributed by atoms with Gasteiger partial charge in [-0.25, -0.2) is 0 Å². The number of likely N-dealkylation sites (tertiary alicyclic amines) is 1. The number of H-pyrrole nitrogens is 1. The van der Waals surface area contributed by atoms with Gasteiger partial charge in [0.25, 0.3) is 5.56 Å². The highest BCUT2D eigenvalue weighted by molar-refractivity contribution is 5.81. The molecule has 3 aromatic rings. The zero-order valence-corrected chi connectivity index (χ0v) is 15.5. The second kappa shape index (κ2) is 7.58. The van der Waals surface area contributed by atoms with Crippen molar-refractivity contribution in [3.63, 3.8) is 0 Å². The SMILES string of the molecule is N#Cc1c(N)[nH]c(=O)c(C#N)c1-c1ccc(-c2noc(CN3CCCC3)n2)cc1. The van der Waals surface area contributed by atoms with Crippen LogP contribution in [0.4, 0.5) is 5.82 Å². The van der Waals surface area contributed by atoms with Crippen molar-refractivity contribution in [2.24, 2.45) is 0 Å². The molecule has 1 aliphatic heterocycles. The normalized spacial score (nSPS) is 13.9. The van der Waals surface area contributed by atoms with Gasteiger partial charge in [-0.2, -0.15) is 15.5 Å². The summed E-state index contributed by atoms with van der Waals surface area (Å²) in [5.74, 6) is 0.948. The Kier molecular flexibility index (Phi) is 4.82. The fraction of sp³-hybridized carbons (Fsp3) is 0.250. The van der Waals surface area contributed by atoms with Crippen molar-refractivity contribution in [2.45, 2.75) is 19.4 Å². The zero-order chi connectivity index (χ0) is 20.4. The van der Waals surface area contributed by atoms with Crippen LogP contribution in [0.1, 0.15) is 29.9 Å². The Morgan fingerprint density at radius 1 is 1.10 bits per heavy atom. The molecule has 0 atom stereocenters. The third kappa shape index (κ3) is 3.47. The molecule has 3 N–H and O–H groups in total. The van der Waals surface area contributed by atoms with Crippen molar-refractivity contribution in [3.05, 3.63) is 51.6 Å². The summed E-state index contributed by atoms with van der Waals surface area (Å²) in [5, 5.41) is 22.8. The molecular formula is C20H17N7O2.